The van der Waals surface area contributed by atoms with Crippen LogP contribution < -0.4 is 0 Å². The van der Waals surface area contributed by atoms with Crippen LogP contribution in [-0.4, -0.2) is 57.8 Å². The van der Waals surface area contributed by atoms with Crippen LogP contribution in [0.2, 0.25) is 0 Å². The van der Waals surface area contributed by atoms with E-state index >= 15 is 0 Å². The van der Waals surface area contributed by atoms with Crippen molar-refractivity contribution >= 4 is 11.8 Å². The molecule has 0 atom stereocenters. The predicted molar refractivity (Wildman–Crippen MR) is 82.0 cm³/mol. The third-order valence-electron chi connectivity index (χ3n) is 4.03. The fourth-order valence-corrected chi connectivity index (χ4v) is 2.73. The number of aryl methyl sites for hydroxylation is 2. The lowest BCUT2D eigenvalue weighted by atomic mass is 10.1. The maximum absolute atomic E-state index is 12.7. The number of rotatable bonds is 2. The van der Waals surface area contributed by atoms with E-state index in [4.69, 9.17) is 4.42 Å². The van der Waals surface area contributed by atoms with Crippen LogP contribution >= 0.6 is 0 Å². The number of nitrogens with zero attached hydrogens (tertiary/aromatic N) is 4. The predicted octanol–water partition coefficient (Wildman–Crippen LogP) is 1.28. The van der Waals surface area contributed by atoms with E-state index in [0.29, 0.717) is 48.9 Å². The Morgan fingerprint density at radius 3 is 2.09 bits per heavy atom. The minimum Gasteiger partial charge on any atom is -0.459 e. The second-order valence-corrected chi connectivity index (χ2v) is 5.48. The summed E-state index contributed by atoms with van der Waals surface area (Å²) >= 11 is 0. The Bertz CT molecular complexity index is 699. The van der Waals surface area contributed by atoms with Crippen LogP contribution in [0.5, 0.6) is 0 Å². The van der Waals surface area contributed by atoms with Crippen molar-refractivity contribution in [2.75, 3.05) is 26.2 Å². The first kappa shape index (κ1) is 15.2. The van der Waals surface area contributed by atoms with Crippen LogP contribution in [0, 0.1) is 13.8 Å². The van der Waals surface area contributed by atoms with Gasteiger partial charge < -0.3 is 14.2 Å². The molecule has 3 rings (SSSR count). The Labute approximate surface area is 133 Å². The standard InChI is InChI=1S/C16H18N4O3/c1-11-14(12(2)18-10-17-11)16(22)20-7-5-19(6-8-20)15(21)13-4-3-9-23-13/h3-4,9-10H,5-8H2,1-2H3. The molecule has 1 aliphatic heterocycles. The van der Waals surface area contributed by atoms with Gasteiger partial charge in [0.2, 0.25) is 0 Å². The monoisotopic (exact) mass is 314 g/mol. The van der Waals surface area contributed by atoms with Crippen LogP contribution in [0.1, 0.15) is 32.3 Å². The van der Waals surface area contributed by atoms with Crippen molar-refractivity contribution in [2.24, 2.45) is 0 Å². The van der Waals surface area contributed by atoms with Crippen LogP contribution in [-0.2, 0) is 0 Å². The van der Waals surface area contributed by atoms with E-state index in [0.717, 1.165) is 0 Å². The zero-order valence-electron chi connectivity index (χ0n) is 13.2. The van der Waals surface area contributed by atoms with E-state index in [1.165, 1.54) is 12.6 Å². The highest BCUT2D eigenvalue weighted by molar-refractivity contribution is 5.96. The average molecular weight is 314 g/mol. The molecule has 3 heterocycles. The zero-order valence-corrected chi connectivity index (χ0v) is 13.2. The highest BCUT2D eigenvalue weighted by Crippen LogP contribution is 2.15. The summed E-state index contributed by atoms with van der Waals surface area (Å²) in [4.78, 5) is 36.5. The fourth-order valence-electron chi connectivity index (χ4n) is 2.73. The van der Waals surface area contributed by atoms with Crippen LogP contribution in [0.25, 0.3) is 0 Å². The summed E-state index contributed by atoms with van der Waals surface area (Å²) in [5, 5.41) is 0. The summed E-state index contributed by atoms with van der Waals surface area (Å²) in [6.45, 7) is 5.55. The second-order valence-electron chi connectivity index (χ2n) is 5.48. The molecule has 23 heavy (non-hydrogen) atoms. The smallest absolute Gasteiger partial charge is 0.289 e. The SMILES string of the molecule is Cc1ncnc(C)c1C(=O)N1CCN(C(=O)c2ccco2)CC1. The molecule has 0 bridgehead atoms. The lowest BCUT2D eigenvalue weighted by Gasteiger charge is -2.34. The van der Waals surface area contributed by atoms with Crippen molar-refractivity contribution in [1.29, 1.82) is 0 Å². The van der Waals surface area contributed by atoms with Crippen molar-refractivity contribution in [3.05, 3.63) is 47.4 Å². The van der Waals surface area contributed by atoms with Gasteiger partial charge in [0.1, 0.15) is 6.33 Å². The quantitative estimate of drug-likeness (QED) is 0.834. The topological polar surface area (TPSA) is 79.5 Å². The lowest BCUT2D eigenvalue weighted by molar-refractivity contribution is 0.0516. The molecule has 7 nitrogen and oxygen atoms in total. The summed E-state index contributed by atoms with van der Waals surface area (Å²) in [5.41, 5.74) is 1.91. The van der Waals surface area contributed by atoms with Gasteiger partial charge in [-0.2, -0.15) is 0 Å². The van der Waals surface area contributed by atoms with Gasteiger partial charge in [0.25, 0.3) is 11.8 Å². The molecule has 0 unspecified atom stereocenters. The number of hydrogen-bond acceptors (Lipinski definition) is 5. The van der Waals surface area contributed by atoms with E-state index in [1.807, 2.05) is 0 Å². The lowest BCUT2D eigenvalue weighted by Crippen LogP contribution is -2.50. The number of amides is 2. The minimum atomic E-state index is -0.141. The summed E-state index contributed by atoms with van der Waals surface area (Å²) in [5.74, 6) is 0.108. The Balaban J connectivity index is 1.67. The molecule has 0 N–H and O–H groups in total. The van der Waals surface area contributed by atoms with Crippen molar-refractivity contribution in [3.8, 4) is 0 Å². The highest BCUT2D eigenvalue weighted by atomic mass is 16.3. The Morgan fingerprint density at radius 2 is 1.57 bits per heavy atom. The molecule has 2 aromatic rings. The number of furan rings is 1. The Morgan fingerprint density at radius 1 is 1.00 bits per heavy atom. The van der Waals surface area contributed by atoms with Gasteiger partial charge in [-0.1, -0.05) is 0 Å². The molecular weight excluding hydrogens is 296 g/mol. The molecule has 1 saturated heterocycles. The maximum atomic E-state index is 12.7. The summed E-state index contributed by atoms with van der Waals surface area (Å²) < 4.78 is 5.14. The van der Waals surface area contributed by atoms with E-state index < -0.39 is 0 Å². The number of hydrogen-bond donors (Lipinski definition) is 0. The molecule has 120 valence electrons. The van der Waals surface area contributed by atoms with Crippen LogP contribution in [0.3, 0.4) is 0 Å². The van der Waals surface area contributed by atoms with Gasteiger partial charge in [0.05, 0.1) is 23.2 Å². The Hall–Kier alpha value is -2.70. The molecule has 0 aliphatic carbocycles. The van der Waals surface area contributed by atoms with Gasteiger partial charge in [-0.3, -0.25) is 9.59 Å². The number of piperazine rings is 1. The van der Waals surface area contributed by atoms with Crippen molar-refractivity contribution in [3.63, 3.8) is 0 Å². The molecular formula is C16H18N4O3. The Kier molecular flexibility index (Phi) is 4.10. The third kappa shape index (κ3) is 2.94. The fraction of sp³-hybridized carbons (Fsp3) is 0.375. The molecule has 0 aromatic carbocycles. The normalized spacial score (nSPS) is 14.9. The van der Waals surface area contributed by atoms with E-state index in [-0.39, 0.29) is 11.8 Å². The van der Waals surface area contributed by atoms with Crippen molar-refractivity contribution in [2.45, 2.75) is 13.8 Å². The first-order valence-electron chi connectivity index (χ1n) is 7.48. The highest BCUT2D eigenvalue weighted by Gasteiger charge is 2.28. The zero-order chi connectivity index (χ0) is 16.4. The van der Waals surface area contributed by atoms with Gasteiger partial charge in [0.15, 0.2) is 5.76 Å². The molecule has 1 aliphatic rings. The molecule has 0 saturated carbocycles. The van der Waals surface area contributed by atoms with Gasteiger partial charge in [-0.15, -0.1) is 0 Å². The summed E-state index contributed by atoms with van der Waals surface area (Å²) in [6.07, 6.45) is 2.94. The molecule has 1 fully saturated rings. The van der Waals surface area contributed by atoms with E-state index in [2.05, 4.69) is 9.97 Å². The summed E-state index contributed by atoms with van der Waals surface area (Å²) in [7, 11) is 0. The number of aromatic nitrogens is 2. The molecule has 0 radical (unpaired) electrons. The van der Waals surface area contributed by atoms with Gasteiger partial charge in [-0.25, -0.2) is 9.97 Å². The van der Waals surface area contributed by atoms with Gasteiger partial charge >= 0.3 is 0 Å². The van der Waals surface area contributed by atoms with Gasteiger partial charge in [0, 0.05) is 26.2 Å². The van der Waals surface area contributed by atoms with E-state index in [9.17, 15) is 9.59 Å². The average Bonchev–Trinajstić information content (AvgIpc) is 3.08. The first-order valence-corrected chi connectivity index (χ1v) is 7.48. The van der Waals surface area contributed by atoms with Crippen molar-refractivity contribution in [1.82, 2.24) is 19.8 Å². The summed E-state index contributed by atoms with van der Waals surface area (Å²) in [6, 6.07) is 3.34. The molecule has 2 amide bonds. The molecule has 0 spiro atoms. The molecule has 7 heteroatoms. The molecule has 2 aromatic heterocycles. The number of carbonyl (C=O) groups is 2. The minimum absolute atomic E-state index is 0.0781. The van der Waals surface area contributed by atoms with Crippen LogP contribution in [0.15, 0.2) is 29.1 Å². The first-order chi connectivity index (χ1) is 11.1. The number of carbonyl (C=O) groups excluding carboxylic acids is 2. The third-order valence-corrected chi connectivity index (χ3v) is 4.03. The van der Waals surface area contributed by atoms with Crippen molar-refractivity contribution < 1.29 is 14.0 Å². The van der Waals surface area contributed by atoms with Crippen LogP contribution in [0.4, 0.5) is 0 Å². The largest absolute Gasteiger partial charge is 0.459 e. The van der Waals surface area contributed by atoms with E-state index in [1.54, 1.807) is 35.8 Å². The van der Waals surface area contributed by atoms with Gasteiger partial charge in [-0.05, 0) is 26.0 Å². The maximum Gasteiger partial charge on any atom is 0.289 e. The second kappa shape index (κ2) is 6.20.